The van der Waals surface area contributed by atoms with Crippen LogP contribution in [0.2, 0.25) is 0 Å². The fourth-order valence-corrected chi connectivity index (χ4v) is 1.21. The van der Waals surface area contributed by atoms with Crippen molar-refractivity contribution in [2.45, 2.75) is 25.3 Å². The van der Waals surface area contributed by atoms with E-state index >= 15 is 0 Å². The zero-order valence-electron chi connectivity index (χ0n) is 6.21. The topological polar surface area (TPSA) is 67.5 Å². The third-order valence-corrected chi connectivity index (χ3v) is 2.15. The predicted molar refractivity (Wildman–Crippen MR) is 40.9 cm³/mol. The molecule has 0 aromatic rings. The first-order chi connectivity index (χ1) is 5.27. The molecule has 0 aromatic carbocycles. The van der Waals surface area contributed by atoms with Crippen molar-refractivity contribution in [3.8, 4) is 0 Å². The maximum atomic E-state index is 10.8. The molecule has 1 atom stereocenters. The molecular formula is C7H11N3O. The Morgan fingerprint density at radius 1 is 1.64 bits per heavy atom. The Balaban J connectivity index is 1.96. The molecule has 0 saturated heterocycles. The van der Waals surface area contributed by atoms with Crippen molar-refractivity contribution in [3.05, 3.63) is 0 Å². The third kappa shape index (κ3) is 1.26. The number of rotatable bonds is 2. The Kier molecular flexibility index (Phi) is 1.42. The Labute approximate surface area is 64.8 Å². The predicted octanol–water partition coefficient (Wildman–Crippen LogP) is -0.400. The van der Waals surface area contributed by atoms with Gasteiger partial charge in [0.1, 0.15) is 6.04 Å². The average Bonchev–Trinajstić information content (AvgIpc) is 2.74. The highest BCUT2D eigenvalue weighted by atomic mass is 16.2. The minimum absolute atomic E-state index is 0.166. The molecule has 0 aromatic heterocycles. The maximum Gasteiger partial charge on any atom is 0.262 e. The van der Waals surface area contributed by atoms with Crippen molar-refractivity contribution in [1.29, 1.82) is 0 Å². The van der Waals surface area contributed by atoms with E-state index in [4.69, 9.17) is 5.73 Å². The molecule has 11 heavy (non-hydrogen) atoms. The van der Waals surface area contributed by atoms with Gasteiger partial charge in [-0.2, -0.15) is 5.10 Å². The van der Waals surface area contributed by atoms with Gasteiger partial charge in [-0.05, 0) is 25.2 Å². The standard InChI is InChI=1S/C7H11N3O/c8-6-5(3-4-1-2-4)9-10-7(6)11/h4,6H,1-3,8H2,(H,10,11). The van der Waals surface area contributed by atoms with Crippen molar-refractivity contribution < 1.29 is 4.79 Å². The van der Waals surface area contributed by atoms with Crippen LogP contribution in [0.4, 0.5) is 0 Å². The number of hydrazone groups is 1. The van der Waals surface area contributed by atoms with E-state index in [9.17, 15) is 4.79 Å². The fraction of sp³-hybridized carbons (Fsp3) is 0.714. The number of hydrogen-bond acceptors (Lipinski definition) is 3. The highest BCUT2D eigenvalue weighted by Gasteiger charge is 2.31. The van der Waals surface area contributed by atoms with Gasteiger partial charge in [-0.3, -0.25) is 4.79 Å². The van der Waals surface area contributed by atoms with Gasteiger partial charge in [0, 0.05) is 0 Å². The summed E-state index contributed by atoms with van der Waals surface area (Å²) in [6.45, 7) is 0. The van der Waals surface area contributed by atoms with Crippen LogP contribution in [0.15, 0.2) is 5.10 Å². The second kappa shape index (κ2) is 2.30. The number of nitrogens with two attached hydrogens (primary N) is 1. The number of nitrogens with one attached hydrogen (secondary N) is 1. The zero-order chi connectivity index (χ0) is 7.84. The van der Waals surface area contributed by atoms with Crippen LogP contribution in [-0.2, 0) is 4.79 Å². The Morgan fingerprint density at radius 3 is 2.82 bits per heavy atom. The molecule has 1 unspecified atom stereocenters. The quantitative estimate of drug-likeness (QED) is 0.566. The lowest BCUT2D eigenvalue weighted by Gasteiger charge is -2.01. The Bertz CT molecular complexity index is 220. The number of carbonyl (C=O) groups excluding carboxylic acids is 1. The summed E-state index contributed by atoms with van der Waals surface area (Å²) in [6, 6.07) is -0.476. The van der Waals surface area contributed by atoms with Gasteiger partial charge in [0.15, 0.2) is 0 Å². The summed E-state index contributed by atoms with van der Waals surface area (Å²) in [7, 11) is 0. The summed E-state index contributed by atoms with van der Waals surface area (Å²) in [4.78, 5) is 10.8. The van der Waals surface area contributed by atoms with E-state index in [1.54, 1.807) is 0 Å². The lowest BCUT2D eigenvalue weighted by molar-refractivity contribution is -0.120. The molecule has 0 spiro atoms. The van der Waals surface area contributed by atoms with Gasteiger partial charge in [0.25, 0.3) is 5.91 Å². The van der Waals surface area contributed by atoms with E-state index in [2.05, 4.69) is 10.5 Å². The molecule has 2 rings (SSSR count). The third-order valence-electron chi connectivity index (χ3n) is 2.15. The molecule has 0 bridgehead atoms. The molecule has 4 nitrogen and oxygen atoms in total. The number of nitrogens with zero attached hydrogens (tertiary/aromatic N) is 1. The molecule has 60 valence electrons. The van der Waals surface area contributed by atoms with Gasteiger partial charge in [-0.15, -0.1) is 0 Å². The van der Waals surface area contributed by atoms with E-state index in [1.807, 2.05) is 0 Å². The van der Waals surface area contributed by atoms with Gasteiger partial charge in [-0.1, -0.05) is 0 Å². The molecule has 1 heterocycles. The molecule has 1 aliphatic heterocycles. The summed E-state index contributed by atoms with van der Waals surface area (Å²) in [5.74, 6) is 0.577. The first kappa shape index (κ1) is 6.79. The molecule has 0 radical (unpaired) electrons. The number of hydrogen-bond donors (Lipinski definition) is 2. The first-order valence-corrected chi connectivity index (χ1v) is 3.89. The van der Waals surface area contributed by atoms with Crippen LogP contribution in [0.3, 0.4) is 0 Å². The van der Waals surface area contributed by atoms with Gasteiger partial charge in [0.05, 0.1) is 5.71 Å². The second-order valence-corrected chi connectivity index (χ2v) is 3.20. The van der Waals surface area contributed by atoms with Gasteiger partial charge in [0.2, 0.25) is 0 Å². The molecule has 1 amide bonds. The summed E-state index contributed by atoms with van der Waals surface area (Å²) in [6.07, 6.45) is 3.43. The number of carbonyl (C=O) groups is 1. The largest absolute Gasteiger partial charge is 0.315 e. The van der Waals surface area contributed by atoms with E-state index in [1.165, 1.54) is 12.8 Å². The molecular weight excluding hydrogens is 142 g/mol. The molecule has 1 fully saturated rings. The molecule has 2 aliphatic rings. The van der Waals surface area contributed by atoms with Gasteiger partial charge in [-0.25, -0.2) is 5.43 Å². The minimum atomic E-state index is -0.476. The van der Waals surface area contributed by atoms with Crippen LogP contribution in [-0.4, -0.2) is 17.7 Å². The summed E-state index contributed by atoms with van der Waals surface area (Å²) in [5, 5.41) is 3.87. The highest BCUT2D eigenvalue weighted by molar-refractivity contribution is 6.11. The monoisotopic (exact) mass is 153 g/mol. The summed E-state index contributed by atoms with van der Waals surface area (Å²) < 4.78 is 0. The van der Waals surface area contributed by atoms with Gasteiger partial charge >= 0.3 is 0 Å². The van der Waals surface area contributed by atoms with Crippen LogP contribution < -0.4 is 11.2 Å². The van der Waals surface area contributed by atoms with E-state index < -0.39 is 6.04 Å². The van der Waals surface area contributed by atoms with Crippen LogP contribution >= 0.6 is 0 Å². The van der Waals surface area contributed by atoms with Crippen molar-refractivity contribution in [2.75, 3.05) is 0 Å². The van der Waals surface area contributed by atoms with Crippen LogP contribution in [0, 0.1) is 5.92 Å². The number of amides is 1. The van der Waals surface area contributed by atoms with E-state index in [0.717, 1.165) is 18.1 Å². The highest BCUT2D eigenvalue weighted by Crippen LogP contribution is 2.33. The van der Waals surface area contributed by atoms with E-state index in [-0.39, 0.29) is 5.91 Å². The van der Waals surface area contributed by atoms with Crippen molar-refractivity contribution in [3.63, 3.8) is 0 Å². The normalized spacial score (nSPS) is 30.1. The lowest BCUT2D eigenvalue weighted by atomic mass is 10.1. The first-order valence-electron chi connectivity index (χ1n) is 3.89. The average molecular weight is 153 g/mol. The van der Waals surface area contributed by atoms with Gasteiger partial charge < -0.3 is 5.73 Å². The second-order valence-electron chi connectivity index (χ2n) is 3.20. The molecule has 4 heteroatoms. The summed E-state index contributed by atoms with van der Waals surface area (Å²) in [5.41, 5.74) is 8.76. The van der Waals surface area contributed by atoms with E-state index in [0.29, 0.717) is 0 Å². The SMILES string of the molecule is NC1C(=O)NN=C1CC1CC1. The van der Waals surface area contributed by atoms with Crippen LogP contribution in [0.25, 0.3) is 0 Å². The Morgan fingerprint density at radius 2 is 2.36 bits per heavy atom. The van der Waals surface area contributed by atoms with Crippen molar-refractivity contribution in [2.24, 2.45) is 16.8 Å². The lowest BCUT2D eigenvalue weighted by Crippen LogP contribution is -2.37. The smallest absolute Gasteiger partial charge is 0.262 e. The van der Waals surface area contributed by atoms with Crippen molar-refractivity contribution in [1.82, 2.24) is 5.43 Å². The van der Waals surface area contributed by atoms with Crippen LogP contribution in [0.5, 0.6) is 0 Å². The van der Waals surface area contributed by atoms with Crippen LogP contribution in [0.1, 0.15) is 19.3 Å². The fourth-order valence-electron chi connectivity index (χ4n) is 1.21. The Hall–Kier alpha value is -0.900. The zero-order valence-corrected chi connectivity index (χ0v) is 6.21. The molecule has 1 saturated carbocycles. The van der Waals surface area contributed by atoms with Crippen molar-refractivity contribution >= 4 is 11.6 Å². The molecule has 1 aliphatic carbocycles. The summed E-state index contributed by atoms with van der Waals surface area (Å²) >= 11 is 0. The molecule has 3 N–H and O–H groups in total. The minimum Gasteiger partial charge on any atom is -0.315 e. The maximum absolute atomic E-state index is 10.8.